The first kappa shape index (κ1) is 24.6. The molecular weight excluding hydrogens is 458 g/mol. The molecule has 0 saturated carbocycles. The third-order valence-electron chi connectivity index (χ3n) is 5.69. The van der Waals surface area contributed by atoms with Crippen molar-refractivity contribution in [3.05, 3.63) is 88.8 Å². The van der Waals surface area contributed by atoms with Gasteiger partial charge in [-0.25, -0.2) is 0 Å². The van der Waals surface area contributed by atoms with Crippen molar-refractivity contribution >= 4 is 39.8 Å². The average molecular weight is 488 g/mol. The summed E-state index contributed by atoms with van der Waals surface area (Å²) in [6.07, 6.45) is 4.87. The Kier molecular flexibility index (Phi) is 7.93. The van der Waals surface area contributed by atoms with Crippen LogP contribution in [-0.4, -0.2) is 29.2 Å². The van der Waals surface area contributed by atoms with E-state index in [9.17, 15) is 9.59 Å². The zero-order valence-corrected chi connectivity index (χ0v) is 20.9. The van der Waals surface area contributed by atoms with Gasteiger partial charge in [-0.3, -0.25) is 14.5 Å². The van der Waals surface area contributed by atoms with Crippen LogP contribution in [0.5, 0.6) is 11.5 Å². The maximum Gasteiger partial charge on any atom is 0.293 e. The van der Waals surface area contributed by atoms with Crippen LogP contribution in [0.1, 0.15) is 37.0 Å². The van der Waals surface area contributed by atoms with Crippen molar-refractivity contribution in [1.82, 2.24) is 4.90 Å². The number of imide groups is 1. The molecule has 1 aliphatic rings. The number of hydrogen-bond donors (Lipinski definition) is 0. The van der Waals surface area contributed by atoms with Gasteiger partial charge in [0.1, 0.15) is 6.61 Å². The van der Waals surface area contributed by atoms with Gasteiger partial charge in [0.15, 0.2) is 11.5 Å². The van der Waals surface area contributed by atoms with E-state index in [1.54, 1.807) is 6.08 Å². The fourth-order valence-corrected chi connectivity index (χ4v) is 5.00. The maximum absolute atomic E-state index is 12.7. The van der Waals surface area contributed by atoms with Gasteiger partial charge in [-0.1, -0.05) is 55.5 Å². The molecule has 0 radical (unpaired) electrons. The summed E-state index contributed by atoms with van der Waals surface area (Å²) in [4.78, 5) is 26.7. The average Bonchev–Trinajstić information content (AvgIpc) is 3.11. The van der Waals surface area contributed by atoms with E-state index in [1.807, 2.05) is 50.3 Å². The molecule has 180 valence electrons. The molecule has 0 atom stereocenters. The van der Waals surface area contributed by atoms with E-state index in [0.29, 0.717) is 42.6 Å². The number of carbonyl (C=O) groups is 2. The number of thioether (sulfide) groups is 1. The Bertz CT molecular complexity index is 1290. The Morgan fingerprint density at radius 1 is 1.00 bits per heavy atom. The lowest BCUT2D eigenvalue weighted by molar-refractivity contribution is -0.122. The second-order valence-corrected chi connectivity index (χ2v) is 9.19. The molecule has 3 aromatic rings. The molecule has 3 aromatic carbocycles. The molecule has 35 heavy (non-hydrogen) atoms. The highest BCUT2D eigenvalue weighted by Gasteiger charge is 2.34. The summed E-state index contributed by atoms with van der Waals surface area (Å²) in [6, 6.07) is 18.3. The highest BCUT2D eigenvalue weighted by molar-refractivity contribution is 8.18. The third kappa shape index (κ3) is 5.43. The topological polar surface area (TPSA) is 55.8 Å². The Balaban J connectivity index is 1.68. The molecule has 1 aliphatic heterocycles. The number of carbonyl (C=O) groups excluding carboxylic acids is 2. The summed E-state index contributed by atoms with van der Waals surface area (Å²) in [6.45, 7) is 9.04. The van der Waals surface area contributed by atoms with E-state index in [-0.39, 0.29) is 11.1 Å². The van der Waals surface area contributed by atoms with Gasteiger partial charge in [0.25, 0.3) is 11.1 Å². The van der Waals surface area contributed by atoms with Crippen LogP contribution in [0.2, 0.25) is 0 Å². The molecule has 2 amide bonds. The number of fused-ring (bicyclic) bond motifs is 1. The first-order valence-electron chi connectivity index (χ1n) is 11.8. The summed E-state index contributed by atoms with van der Waals surface area (Å²) < 4.78 is 12.3. The molecule has 0 aliphatic carbocycles. The first-order chi connectivity index (χ1) is 17.0. The third-order valence-corrected chi connectivity index (χ3v) is 6.60. The SMILES string of the molecule is C=CCc1cc(/C=C2/SC(=O)N(CCC)C2=O)cc(OCC)c1OCc1cccc2ccccc12. The van der Waals surface area contributed by atoms with Gasteiger partial charge >= 0.3 is 0 Å². The largest absolute Gasteiger partial charge is 0.490 e. The van der Waals surface area contributed by atoms with Crippen molar-refractivity contribution in [2.24, 2.45) is 0 Å². The summed E-state index contributed by atoms with van der Waals surface area (Å²) >= 11 is 0.974. The van der Waals surface area contributed by atoms with E-state index < -0.39 is 0 Å². The Morgan fingerprint density at radius 3 is 2.57 bits per heavy atom. The van der Waals surface area contributed by atoms with Crippen molar-refractivity contribution in [2.45, 2.75) is 33.3 Å². The van der Waals surface area contributed by atoms with Crippen LogP contribution in [0.15, 0.2) is 72.2 Å². The summed E-state index contributed by atoms with van der Waals surface area (Å²) in [5.41, 5.74) is 2.78. The lowest BCUT2D eigenvalue weighted by Gasteiger charge is -2.17. The van der Waals surface area contributed by atoms with Crippen LogP contribution in [0.3, 0.4) is 0 Å². The first-order valence-corrected chi connectivity index (χ1v) is 12.6. The van der Waals surface area contributed by atoms with Gasteiger partial charge in [-0.2, -0.15) is 0 Å². The number of hydrogen-bond acceptors (Lipinski definition) is 5. The molecule has 0 unspecified atom stereocenters. The molecule has 1 fully saturated rings. The van der Waals surface area contributed by atoms with Gasteiger partial charge in [0.05, 0.1) is 11.5 Å². The van der Waals surface area contributed by atoms with Gasteiger partial charge < -0.3 is 9.47 Å². The molecule has 0 bridgehead atoms. The van der Waals surface area contributed by atoms with Gasteiger partial charge in [-0.05, 0) is 71.6 Å². The molecular formula is C29H29NO4S. The van der Waals surface area contributed by atoms with E-state index in [2.05, 4.69) is 30.8 Å². The van der Waals surface area contributed by atoms with Crippen LogP contribution < -0.4 is 9.47 Å². The number of nitrogens with zero attached hydrogens (tertiary/aromatic N) is 1. The lowest BCUT2D eigenvalue weighted by atomic mass is 10.0. The number of rotatable bonds is 10. The molecule has 1 saturated heterocycles. The van der Waals surface area contributed by atoms with Crippen LogP contribution in [-0.2, 0) is 17.8 Å². The van der Waals surface area contributed by atoms with Gasteiger partial charge in [-0.15, -0.1) is 6.58 Å². The standard InChI is InChI=1S/C29H29NO4S/c1-4-10-22-16-20(18-26-28(31)30(15-5-2)29(32)35-26)17-25(33-6-3)27(22)34-19-23-13-9-12-21-11-7-8-14-24(21)23/h4,7-9,11-14,16-18H,1,5-6,10,15,19H2,2-3H3/b26-18+. The zero-order valence-electron chi connectivity index (χ0n) is 20.1. The van der Waals surface area contributed by atoms with Crippen molar-refractivity contribution in [1.29, 1.82) is 0 Å². The Morgan fingerprint density at radius 2 is 1.80 bits per heavy atom. The quantitative estimate of drug-likeness (QED) is 0.228. The summed E-state index contributed by atoms with van der Waals surface area (Å²) in [5.74, 6) is 1.02. The van der Waals surface area contributed by atoms with Crippen LogP contribution >= 0.6 is 11.8 Å². The molecule has 0 spiro atoms. The van der Waals surface area contributed by atoms with Crippen molar-refractivity contribution < 1.29 is 19.1 Å². The monoisotopic (exact) mass is 487 g/mol. The lowest BCUT2D eigenvalue weighted by Crippen LogP contribution is -2.28. The molecule has 4 rings (SSSR count). The fourth-order valence-electron chi connectivity index (χ4n) is 4.14. The molecule has 5 nitrogen and oxygen atoms in total. The number of amides is 2. The highest BCUT2D eigenvalue weighted by Crippen LogP contribution is 2.38. The van der Waals surface area contributed by atoms with Crippen molar-refractivity contribution in [2.75, 3.05) is 13.2 Å². The number of allylic oxidation sites excluding steroid dienone is 1. The molecule has 0 N–H and O–H groups in total. The Labute approximate surface area is 210 Å². The van der Waals surface area contributed by atoms with E-state index >= 15 is 0 Å². The molecule has 6 heteroatoms. The van der Waals surface area contributed by atoms with Crippen LogP contribution in [0.25, 0.3) is 16.8 Å². The van der Waals surface area contributed by atoms with E-state index in [4.69, 9.17) is 9.47 Å². The maximum atomic E-state index is 12.7. The van der Waals surface area contributed by atoms with Crippen molar-refractivity contribution in [3.63, 3.8) is 0 Å². The molecule has 1 heterocycles. The van der Waals surface area contributed by atoms with E-state index in [0.717, 1.165) is 45.6 Å². The molecule has 0 aromatic heterocycles. The minimum Gasteiger partial charge on any atom is -0.490 e. The fraction of sp³-hybridized carbons (Fsp3) is 0.241. The smallest absolute Gasteiger partial charge is 0.293 e. The summed E-state index contributed by atoms with van der Waals surface area (Å²) in [7, 11) is 0. The minimum atomic E-state index is -0.249. The number of ether oxygens (including phenoxy) is 2. The van der Waals surface area contributed by atoms with Crippen molar-refractivity contribution in [3.8, 4) is 11.5 Å². The zero-order chi connectivity index (χ0) is 24.8. The minimum absolute atomic E-state index is 0.227. The van der Waals surface area contributed by atoms with Crippen LogP contribution in [0, 0.1) is 0 Å². The summed E-state index contributed by atoms with van der Waals surface area (Å²) in [5, 5.41) is 2.09. The number of benzene rings is 3. The van der Waals surface area contributed by atoms with Gasteiger partial charge in [0, 0.05) is 12.1 Å². The van der Waals surface area contributed by atoms with Gasteiger partial charge in [0.2, 0.25) is 0 Å². The normalized spacial score (nSPS) is 14.7. The second kappa shape index (κ2) is 11.3. The predicted octanol–water partition coefficient (Wildman–Crippen LogP) is 6.99. The second-order valence-electron chi connectivity index (χ2n) is 8.19. The van der Waals surface area contributed by atoms with Crippen LogP contribution in [0.4, 0.5) is 4.79 Å². The van der Waals surface area contributed by atoms with E-state index in [1.165, 1.54) is 4.90 Å². The Hall–Kier alpha value is -3.51. The highest BCUT2D eigenvalue weighted by atomic mass is 32.2. The predicted molar refractivity (Wildman–Crippen MR) is 143 cm³/mol.